The van der Waals surface area contributed by atoms with Gasteiger partial charge < -0.3 is 13.7 Å². The van der Waals surface area contributed by atoms with Gasteiger partial charge in [-0.1, -0.05) is 17.3 Å². The average molecular weight is 375 g/mol. The zero-order valence-electron chi connectivity index (χ0n) is 13.7. The molecule has 0 unspecified atom stereocenters. The van der Waals surface area contributed by atoms with Crippen molar-refractivity contribution >= 4 is 11.0 Å². The predicted molar refractivity (Wildman–Crippen MR) is 88.7 cm³/mol. The molecule has 1 aromatic carbocycles. The smallest absolute Gasteiger partial charge is 0.329 e. The van der Waals surface area contributed by atoms with E-state index in [1.54, 1.807) is 6.33 Å². The summed E-state index contributed by atoms with van der Waals surface area (Å²) in [6.45, 7) is 0.889. The van der Waals surface area contributed by atoms with E-state index in [2.05, 4.69) is 19.6 Å². The lowest BCUT2D eigenvalue weighted by atomic mass is 10.2. The first-order valence-electron chi connectivity index (χ1n) is 7.93. The van der Waals surface area contributed by atoms with Crippen LogP contribution in [-0.4, -0.2) is 24.3 Å². The zero-order chi connectivity index (χ0) is 19.0. The maximum atomic E-state index is 12.5. The Bertz CT molecular complexity index is 1160. The lowest BCUT2D eigenvalue weighted by Gasteiger charge is -2.07. The molecule has 0 atom stereocenters. The highest BCUT2D eigenvalue weighted by molar-refractivity contribution is 5.74. The Labute approximate surface area is 149 Å². The molecule has 138 valence electrons. The van der Waals surface area contributed by atoms with Crippen LogP contribution in [0.15, 0.2) is 58.2 Å². The molecule has 0 N–H and O–H groups in total. The molecule has 3 aromatic heterocycles. The minimum atomic E-state index is -4.73. The molecule has 4 rings (SSSR count). The van der Waals surface area contributed by atoms with Crippen molar-refractivity contribution in [3.63, 3.8) is 0 Å². The van der Waals surface area contributed by atoms with Gasteiger partial charge in [0.05, 0.1) is 17.4 Å². The summed E-state index contributed by atoms with van der Waals surface area (Å²) < 4.78 is 45.2. The SMILES string of the molecule is O=c1cc(-c2noc(C(F)(F)F)n2)ccn1CCn1cnc2ccccc21. The molecule has 27 heavy (non-hydrogen) atoms. The number of aryl methyl sites for hydroxylation is 2. The second-order valence-electron chi connectivity index (χ2n) is 5.79. The van der Waals surface area contributed by atoms with Crippen molar-refractivity contribution in [2.24, 2.45) is 0 Å². The summed E-state index contributed by atoms with van der Waals surface area (Å²) in [7, 11) is 0. The van der Waals surface area contributed by atoms with Crippen LogP contribution in [0.4, 0.5) is 13.2 Å². The van der Waals surface area contributed by atoms with E-state index in [-0.39, 0.29) is 16.9 Å². The molecule has 10 heteroatoms. The van der Waals surface area contributed by atoms with E-state index in [1.165, 1.54) is 22.9 Å². The molecule has 0 aliphatic rings. The standard InChI is InChI=1S/C17H12F3N5O2/c18-17(19,20)16-22-15(23-27-16)11-5-6-24(14(26)9-11)7-8-25-10-21-12-3-1-2-4-13(12)25/h1-6,9-10H,7-8H2. The molecule has 0 bridgehead atoms. The quantitative estimate of drug-likeness (QED) is 0.548. The molecule has 0 fully saturated rings. The Balaban J connectivity index is 1.54. The highest BCUT2D eigenvalue weighted by atomic mass is 19.4. The molecule has 0 aliphatic carbocycles. The van der Waals surface area contributed by atoms with Crippen LogP contribution in [0.1, 0.15) is 5.89 Å². The Morgan fingerprint density at radius 3 is 2.59 bits per heavy atom. The first kappa shape index (κ1) is 17.0. The van der Waals surface area contributed by atoms with E-state index in [0.29, 0.717) is 13.1 Å². The molecule has 3 heterocycles. The molecule has 7 nitrogen and oxygen atoms in total. The van der Waals surface area contributed by atoms with Gasteiger partial charge in [-0.05, 0) is 18.2 Å². The summed E-state index contributed by atoms with van der Waals surface area (Å²) in [5.74, 6) is -1.74. The molecular weight excluding hydrogens is 363 g/mol. The normalized spacial score (nSPS) is 12.0. The molecule has 4 aromatic rings. The lowest BCUT2D eigenvalue weighted by Crippen LogP contribution is -2.21. The number of hydrogen-bond donors (Lipinski definition) is 0. The van der Waals surface area contributed by atoms with Crippen molar-refractivity contribution in [1.29, 1.82) is 0 Å². The number of imidazole rings is 1. The van der Waals surface area contributed by atoms with E-state index in [0.717, 1.165) is 11.0 Å². The summed E-state index contributed by atoms with van der Waals surface area (Å²) in [5.41, 5.74) is 1.59. The van der Waals surface area contributed by atoms with E-state index in [1.807, 2.05) is 28.8 Å². The monoisotopic (exact) mass is 375 g/mol. The van der Waals surface area contributed by atoms with Gasteiger partial charge >= 0.3 is 12.1 Å². The van der Waals surface area contributed by atoms with Crippen molar-refractivity contribution < 1.29 is 17.7 Å². The van der Waals surface area contributed by atoms with Gasteiger partial charge in [-0.2, -0.15) is 18.2 Å². The molecule has 0 aliphatic heterocycles. The second kappa shape index (κ2) is 6.38. The molecule has 0 spiro atoms. The van der Waals surface area contributed by atoms with Crippen LogP contribution in [0.5, 0.6) is 0 Å². The maximum absolute atomic E-state index is 12.5. The predicted octanol–water partition coefficient (Wildman–Crippen LogP) is 2.97. The van der Waals surface area contributed by atoms with Crippen LogP contribution < -0.4 is 5.56 Å². The van der Waals surface area contributed by atoms with Crippen LogP contribution in [0.3, 0.4) is 0 Å². The van der Waals surface area contributed by atoms with Crippen LogP contribution >= 0.6 is 0 Å². The van der Waals surface area contributed by atoms with E-state index in [4.69, 9.17) is 0 Å². The van der Waals surface area contributed by atoms with E-state index >= 15 is 0 Å². The number of para-hydroxylation sites is 2. The van der Waals surface area contributed by atoms with Crippen molar-refractivity contribution in [2.75, 3.05) is 0 Å². The van der Waals surface area contributed by atoms with Gasteiger partial charge in [-0.3, -0.25) is 4.79 Å². The van der Waals surface area contributed by atoms with Gasteiger partial charge in [0, 0.05) is 30.9 Å². The number of fused-ring (bicyclic) bond motifs is 1. The number of benzene rings is 1. The van der Waals surface area contributed by atoms with Crippen LogP contribution in [0.25, 0.3) is 22.4 Å². The summed E-state index contributed by atoms with van der Waals surface area (Å²) in [5, 5.41) is 3.28. The van der Waals surface area contributed by atoms with Crippen molar-refractivity contribution in [3.8, 4) is 11.4 Å². The Morgan fingerprint density at radius 1 is 1.07 bits per heavy atom. The van der Waals surface area contributed by atoms with Gasteiger partial charge in [-0.25, -0.2) is 4.98 Å². The van der Waals surface area contributed by atoms with Crippen LogP contribution in [0.2, 0.25) is 0 Å². The molecule has 0 saturated heterocycles. The number of nitrogens with zero attached hydrogens (tertiary/aromatic N) is 5. The first-order chi connectivity index (χ1) is 12.9. The molecule has 0 amide bonds. The molecule has 0 radical (unpaired) electrons. The Kier molecular flexibility index (Phi) is 4.02. The highest BCUT2D eigenvalue weighted by Gasteiger charge is 2.38. The Hall–Kier alpha value is -3.43. The minimum absolute atomic E-state index is 0.156. The van der Waals surface area contributed by atoms with Gasteiger partial charge in [0.2, 0.25) is 5.82 Å². The zero-order valence-corrected chi connectivity index (χ0v) is 13.7. The third-order valence-corrected chi connectivity index (χ3v) is 4.03. The molecule has 0 saturated carbocycles. The Morgan fingerprint density at radius 2 is 1.85 bits per heavy atom. The maximum Gasteiger partial charge on any atom is 0.471 e. The van der Waals surface area contributed by atoms with Gasteiger partial charge in [-0.15, -0.1) is 0 Å². The van der Waals surface area contributed by atoms with Gasteiger partial charge in [0.25, 0.3) is 5.56 Å². The first-order valence-corrected chi connectivity index (χ1v) is 7.93. The summed E-state index contributed by atoms with van der Waals surface area (Å²) in [6.07, 6.45) is -1.55. The summed E-state index contributed by atoms with van der Waals surface area (Å²) in [4.78, 5) is 19.8. The number of rotatable bonds is 4. The minimum Gasteiger partial charge on any atom is -0.329 e. The number of pyridine rings is 1. The van der Waals surface area contributed by atoms with Crippen LogP contribution in [-0.2, 0) is 19.3 Å². The summed E-state index contributed by atoms with van der Waals surface area (Å²) in [6, 6.07) is 10.3. The third-order valence-electron chi connectivity index (χ3n) is 4.03. The van der Waals surface area contributed by atoms with Gasteiger partial charge in [0.1, 0.15) is 0 Å². The number of hydrogen-bond acceptors (Lipinski definition) is 5. The second-order valence-corrected chi connectivity index (χ2v) is 5.79. The fraction of sp³-hybridized carbons (Fsp3) is 0.176. The van der Waals surface area contributed by atoms with Crippen molar-refractivity contribution in [1.82, 2.24) is 24.3 Å². The van der Waals surface area contributed by atoms with Crippen molar-refractivity contribution in [3.05, 3.63) is 65.2 Å². The largest absolute Gasteiger partial charge is 0.471 e. The summed E-state index contributed by atoms with van der Waals surface area (Å²) >= 11 is 0. The number of halogens is 3. The van der Waals surface area contributed by atoms with E-state index < -0.39 is 12.1 Å². The molecular formula is C17H12F3N5O2. The van der Waals surface area contributed by atoms with Crippen LogP contribution in [0, 0.1) is 0 Å². The van der Waals surface area contributed by atoms with Gasteiger partial charge in [0.15, 0.2) is 0 Å². The number of alkyl halides is 3. The fourth-order valence-electron chi connectivity index (χ4n) is 2.69. The highest BCUT2D eigenvalue weighted by Crippen LogP contribution is 2.29. The third kappa shape index (κ3) is 3.33. The number of aromatic nitrogens is 5. The fourth-order valence-corrected chi connectivity index (χ4v) is 2.69. The lowest BCUT2D eigenvalue weighted by molar-refractivity contribution is -0.159. The van der Waals surface area contributed by atoms with E-state index in [9.17, 15) is 18.0 Å². The average Bonchev–Trinajstić information content (AvgIpc) is 3.28. The van der Waals surface area contributed by atoms with Crippen molar-refractivity contribution in [2.45, 2.75) is 19.3 Å². The topological polar surface area (TPSA) is 78.7 Å².